The molecule has 1 fully saturated rings. The molecule has 4 rings (SSSR count). The third-order valence-electron chi connectivity index (χ3n) is 5.21. The van der Waals surface area contributed by atoms with Gasteiger partial charge >= 0.3 is 0 Å². The highest BCUT2D eigenvalue weighted by molar-refractivity contribution is 7.92. The van der Waals surface area contributed by atoms with Crippen LogP contribution >= 0.6 is 0 Å². The van der Waals surface area contributed by atoms with Crippen molar-refractivity contribution in [1.29, 1.82) is 0 Å². The van der Waals surface area contributed by atoms with Crippen molar-refractivity contribution >= 4 is 27.3 Å². The number of carbonyl (C=O) groups is 1. The zero-order chi connectivity index (χ0) is 18.5. The number of benzene rings is 2. The van der Waals surface area contributed by atoms with Crippen LogP contribution in [0.2, 0.25) is 0 Å². The van der Waals surface area contributed by atoms with Gasteiger partial charge < -0.3 is 4.90 Å². The van der Waals surface area contributed by atoms with Crippen LogP contribution in [0.1, 0.15) is 29.5 Å². The molecule has 1 aliphatic carbocycles. The van der Waals surface area contributed by atoms with Gasteiger partial charge in [-0.3, -0.25) is 9.52 Å². The van der Waals surface area contributed by atoms with Crippen molar-refractivity contribution in [2.45, 2.75) is 38.0 Å². The van der Waals surface area contributed by atoms with Gasteiger partial charge in [-0.15, -0.1) is 0 Å². The highest BCUT2D eigenvalue weighted by Crippen LogP contribution is 2.37. The average molecular weight is 370 g/mol. The predicted molar refractivity (Wildman–Crippen MR) is 102 cm³/mol. The number of nitrogens with zero attached hydrogens (tertiary/aromatic N) is 1. The highest BCUT2D eigenvalue weighted by Gasteiger charge is 2.36. The summed E-state index contributed by atoms with van der Waals surface area (Å²) in [6, 6.07) is 10.6. The van der Waals surface area contributed by atoms with Crippen molar-refractivity contribution in [3.05, 3.63) is 53.1 Å². The molecule has 1 aliphatic heterocycles. The minimum Gasteiger partial charge on any atom is -0.312 e. The molecule has 26 heavy (non-hydrogen) atoms. The first-order valence-corrected chi connectivity index (χ1v) is 10.4. The molecular formula is C20H22N2O3S. The molecule has 2 aromatic rings. The van der Waals surface area contributed by atoms with E-state index in [1.807, 2.05) is 26.0 Å². The Balaban J connectivity index is 1.61. The molecule has 2 aromatic carbocycles. The molecule has 1 saturated carbocycles. The second-order valence-corrected chi connectivity index (χ2v) is 8.89. The molecule has 1 N–H and O–H groups in total. The Bertz CT molecular complexity index is 994. The van der Waals surface area contributed by atoms with Crippen molar-refractivity contribution in [2.24, 2.45) is 5.92 Å². The number of aryl methyl sites for hydroxylation is 2. The Morgan fingerprint density at radius 1 is 1.08 bits per heavy atom. The standard InChI is InChI=1S/C20H22N2O3S/c1-13-3-8-18(11-14(13)2)26(24,25)21-17-7-6-15-9-10-22(19(15)12-17)20(23)16-4-5-16/h3,6-8,11-12,16,21H,4-5,9-10H2,1-2H3. The molecule has 1 heterocycles. The van der Waals surface area contributed by atoms with Crippen LogP contribution in [0.25, 0.3) is 0 Å². The molecule has 136 valence electrons. The van der Waals surface area contributed by atoms with Crippen molar-refractivity contribution in [3.63, 3.8) is 0 Å². The summed E-state index contributed by atoms with van der Waals surface area (Å²) >= 11 is 0. The molecule has 0 unspecified atom stereocenters. The predicted octanol–water partition coefficient (Wildman–Crippen LogP) is 3.40. The number of hydrogen-bond donors (Lipinski definition) is 1. The lowest BCUT2D eigenvalue weighted by Crippen LogP contribution is -2.30. The third kappa shape index (κ3) is 3.09. The van der Waals surface area contributed by atoms with Gasteiger partial charge in [-0.05, 0) is 74.1 Å². The quantitative estimate of drug-likeness (QED) is 0.897. The first-order chi connectivity index (χ1) is 12.3. The maximum absolute atomic E-state index is 12.7. The van der Waals surface area contributed by atoms with Gasteiger partial charge in [-0.2, -0.15) is 0 Å². The Kier molecular flexibility index (Phi) is 4.03. The highest BCUT2D eigenvalue weighted by atomic mass is 32.2. The number of hydrogen-bond acceptors (Lipinski definition) is 3. The summed E-state index contributed by atoms with van der Waals surface area (Å²) in [6.45, 7) is 4.52. The maximum atomic E-state index is 12.7. The van der Waals surface area contributed by atoms with Crippen molar-refractivity contribution in [1.82, 2.24) is 0 Å². The van der Waals surface area contributed by atoms with Crippen LogP contribution in [0.4, 0.5) is 11.4 Å². The molecule has 0 atom stereocenters. The number of fused-ring (bicyclic) bond motifs is 1. The van der Waals surface area contributed by atoms with Crippen LogP contribution in [-0.4, -0.2) is 20.9 Å². The van der Waals surface area contributed by atoms with Gasteiger partial charge in [0.05, 0.1) is 10.6 Å². The lowest BCUT2D eigenvalue weighted by atomic mass is 10.1. The molecule has 5 nitrogen and oxygen atoms in total. The molecule has 0 spiro atoms. The monoisotopic (exact) mass is 370 g/mol. The fraction of sp³-hybridized carbons (Fsp3) is 0.350. The van der Waals surface area contributed by atoms with Gasteiger partial charge in [0.25, 0.3) is 10.0 Å². The first kappa shape index (κ1) is 17.1. The van der Waals surface area contributed by atoms with Crippen molar-refractivity contribution in [2.75, 3.05) is 16.2 Å². The molecule has 0 radical (unpaired) electrons. The van der Waals surface area contributed by atoms with Crippen LogP contribution in [-0.2, 0) is 21.2 Å². The van der Waals surface area contributed by atoms with Crippen LogP contribution in [0, 0.1) is 19.8 Å². The Morgan fingerprint density at radius 3 is 2.54 bits per heavy atom. The first-order valence-electron chi connectivity index (χ1n) is 8.89. The third-order valence-corrected chi connectivity index (χ3v) is 6.59. The smallest absolute Gasteiger partial charge is 0.261 e. The van der Waals surface area contributed by atoms with E-state index < -0.39 is 10.0 Å². The fourth-order valence-corrected chi connectivity index (χ4v) is 4.45. The van der Waals surface area contributed by atoms with Gasteiger partial charge in [-0.25, -0.2) is 8.42 Å². The van der Waals surface area contributed by atoms with E-state index in [1.54, 1.807) is 29.2 Å². The topological polar surface area (TPSA) is 66.5 Å². The number of carbonyl (C=O) groups excluding carboxylic acids is 1. The van der Waals surface area contributed by atoms with Gasteiger partial charge in [0.1, 0.15) is 0 Å². The SMILES string of the molecule is Cc1ccc(S(=O)(=O)Nc2ccc3c(c2)N(C(=O)C2CC2)CC3)cc1C. The minimum absolute atomic E-state index is 0.150. The summed E-state index contributed by atoms with van der Waals surface area (Å²) in [4.78, 5) is 14.5. The van der Waals surface area contributed by atoms with E-state index in [0.717, 1.165) is 41.6 Å². The number of sulfonamides is 1. The van der Waals surface area contributed by atoms with Gasteiger partial charge in [0.15, 0.2) is 0 Å². The van der Waals surface area contributed by atoms with Gasteiger partial charge in [0, 0.05) is 18.2 Å². The van der Waals surface area contributed by atoms with Crippen LogP contribution in [0.5, 0.6) is 0 Å². The summed E-state index contributed by atoms with van der Waals surface area (Å²) in [6.07, 6.45) is 2.74. The van der Waals surface area contributed by atoms with E-state index in [2.05, 4.69) is 4.72 Å². The van der Waals surface area contributed by atoms with E-state index in [1.165, 1.54) is 0 Å². The van der Waals surface area contributed by atoms with E-state index in [9.17, 15) is 13.2 Å². The molecule has 2 aliphatic rings. The number of nitrogens with one attached hydrogen (secondary N) is 1. The Morgan fingerprint density at radius 2 is 1.85 bits per heavy atom. The van der Waals surface area contributed by atoms with E-state index in [4.69, 9.17) is 0 Å². The van der Waals surface area contributed by atoms with E-state index in [-0.39, 0.29) is 16.7 Å². The Hall–Kier alpha value is -2.34. The fourth-order valence-electron chi connectivity index (χ4n) is 3.32. The molecule has 1 amide bonds. The molecule has 0 bridgehead atoms. The van der Waals surface area contributed by atoms with E-state index >= 15 is 0 Å². The summed E-state index contributed by atoms with van der Waals surface area (Å²) in [5, 5.41) is 0. The summed E-state index contributed by atoms with van der Waals surface area (Å²) in [5.74, 6) is 0.315. The van der Waals surface area contributed by atoms with Crippen LogP contribution in [0.3, 0.4) is 0 Å². The summed E-state index contributed by atoms with van der Waals surface area (Å²) < 4.78 is 28.1. The summed E-state index contributed by atoms with van der Waals surface area (Å²) in [5.41, 5.74) is 4.39. The van der Waals surface area contributed by atoms with Crippen molar-refractivity contribution in [3.8, 4) is 0 Å². The van der Waals surface area contributed by atoms with Crippen molar-refractivity contribution < 1.29 is 13.2 Å². The molecular weight excluding hydrogens is 348 g/mol. The maximum Gasteiger partial charge on any atom is 0.261 e. The molecule has 0 aromatic heterocycles. The number of amides is 1. The number of rotatable bonds is 4. The van der Waals surface area contributed by atoms with Gasteiger partial charge in [0.2, 0.25) is 5.91 Å². The van der Waals surface area contributed by atoms with E-state index in [0.29, 0.717) is 12.2 Å². The summed E-state index contributed by atoms with van der Waals surface area (Å²) in [7, 11) is -3.67. The van der Waals surface area contributed by atoms with Crippen LogP contribution in [0.15, 0.2) is 41.3 Å². The second-order valence-electron chi connectivity index (χ2n) is 7.21. The van der Waals surface area contributed by atoms with Gasteiger partial charge in [-0.1, -0.05) is 12.1 Å². The lowest BCUT2D eigenvalue weighted by Gasteiger charge is -2.18. The largest absolute Gasteiger partial charge is 0.312 e. The van der Waals surface area contributed by atoms with Crippen LogP contribution < -0.4 is 9.62 Å². The number of anilines is 2. The molecule has 6 heteroatoms. The lowest BCUT2D eigenvalue weighted by molar-refractivity contribution is -0.119. The minimum atomic E-state index is -3.67. The second kappa shape index (κ2) is 6.13. The zero-order valence-electron chi connectivity index (χ0n) is 15.0. The molecule has 0 saturated heterocycles. The average Bonchev–Trinajstić information content (AvgIpc) is 3.36. The normalized spacial score (nSPS) is 16.5. The zero-order valence-corrected chi connectivity index (χ0v) is 15.8. The Labute approximate surface area is 154 Å².